The number of methoxy groups -OCH3 is 2. The molecule has 0 aliphatic carbocycles. The first kappa shape index (κ1) is 18.5. The van der Waals surface area contributed by atoms with Crippen LogP contribution in [0.15, 0.2) is 36.4 Å². The van der Waals surface area contributed by atoms with Gasteiger partial charge in [0.05, 0.1) is 14.2 Å². The van der Waals surface area contributed by atoms with E-state index in [1.807, 2.05) is 49.1 Å². The van der Waals surface area contributed by atoms with Crippen LogP contribution >= 0.6 is 11.8 Å². The molecule has 0 aromatic heterocycles. The van der Waals surface area contributed by atoms with Crippen LogP contribution in [-0.2, 0) is 0 Å². The molecular weight excluding hydrogens is 348 g/mol. The number of nitrogens with zero attached hydrogens (tertiary/aromatic N) is 1. The Morgan fingerprint density at radius 2 is 2.00 bits per heavy atom. The lowest BCUT2D eigenvalue weighted by Crippen LogP contribution is -2.34. The summed E-state index contributed by atoms with van der Waals surface area (Å²) in [7, 11) is 3.25. The third kappa shape index (κ3) is 3.60. The van der Waals surface area contributed by atoms with Gasteiger partial charge in [0.15, 0.2) is 11.5 Å². The number of anilines is 1. The summed E-state index contributed by atoms with van der Waals surface area (Å²) < 4.78 is 11.0. The first-order valence-corrected chi connectivity index (χ1v) is 9.57. The average Bonchev–Trinajstić information content (AvgIpc) is 3.12. The summed E-state index contributed by atoms with van der Waals surface area (Å²) in [6.45, 7) is 4.73. The number of urea groups is 1. The molecule has 0 spiro atoms. The topological polar surface area (TPSA) is 50.8 Å². The molecule has 1 atom stereocenters. The van der Waals surface area contributed by atoms with Gasteiger partial charge in [0.2, 0.25) is 0 Å². The SMILES string of the molecule is COc1cccc([C@@H]2SCCN2C(=O)Nc2ccc(C)cc2C)c1OC. The minimum Gasteiger partial charge on any atom is -0.493 e. The lowest BCUT2D eigenvalue weighted by Gasteiger charge is -2.26. The second-order valence-corrected chi connectivity index (χ2v) is 7.44. The van der Waals surface area contributed by atoms with Gasteiger partial charge in [-0.05, 0) is 31.5 Å². The molecule has 3 rings (SSSR count). The molecule has 0 saturated carbocycles. The van der Waals surface area contributed by atoms with Crippen LogP contribution in [0.2, 0.25) is 0 Å². The predicted molar refractivity (Wildman–Crippen MR) is 106 cm³/mol. The molecule has 1 aliphatic rings. The van der Waals surface area contributed by atoms with Crippen molar-refractivity contribution in [1.82, 2.24) is 4.90 Å². The molecule has 0 radical (unpaired) electrons. The molecule has 2 amide bonds. The fourth-order valence-electron chi connectivity index (χ4n) is 3.18. The number of nitrogens with one attached hydrogen (secondary N) is 1. The van der Waals surface area contributed by atoms with E-state index < -0.39 is 0 Å². The molecule has 2 aromatic rings. The molecule has 0 unspecified atom stereocenters. The minimum absolute atomic E-state index is 0.100. The monoisotopic (exact) mass is 372 g/mol. The summed E-state index contributed by atoms with van der Waals surface area (Å²) in [5, 5.41) is 2.94. The summed E-state index contributed by atoms with van der Waals surface area (Å²) in [4.78, 5) is 14.8. The van der Waals surface area contributed by atoms with Gasteiger partial charge in [-0.1, -0.05) is 29.8 Å². The van der Waals surface area contributed by atoms with Crippen molar-refractivity contribution >= 4 is 23.5 Å². The Bertz CT molecular complexity index is 810. The summed E-state index contributed by atoms with van der Waals surface area (Å²) >= 11 is 1.73. The summed E-state index contributed by atoms with van der Waals surface area (Å²) in [6.07, 6.45) is 0. The van der Waals surface area contributed by atoms with Crippen LogP contribution in [-0.4, -0.2) is 37.4 Å². The van der Waals surface area contributed by atoms with Crippen molar-refractivity contribution in [2.75, 3.05) is 31.8 Å². The normalized spacial score (nSPS) is 16.5. The largest absolute Gasteiger partial charge is 0.493 e. The maximum absolute atomic E-state index is 12.9. The van der Waals surface area contributed by atoms with Gasteiger partial charge in [0.1, 0.15) is 5.37 Å². The molecule has 5 nitrogen and oxygen atoms in total. The van der Waals surface area contributed by atoms with E-state index >= 15 is 0 Å². The number of carbonyl (C=O) groups excluding carboxylic acids is 1. The maximum atomic E-state index is 12.9. The fraction of sp³-hybridized carbons (Fsp3) is 0.350. The molecule has 1 aliphatic heterocycles. The number of para-hydroxylation sites is 1. The van der Waals surface area contributed by atoms with Crippen molar-refractivity contribution in [3.63, 3.8) is 0 Å². The molecule has 1 fully saturated rings. The number of thioether (sulfide) groups is 1. The molecule has 26 heavy (non-hydrogen) atoms. The second-order valence-electron chi connectivity index (χ2n) is 6.25. The zero-order valence-corrected chi connectivity index (χ0v) is 16.4. The number of rotatable bonds is 4. The number of hydrogen-bond donors (Lipinski definition) is 1. The van der Waals surface area contributed by atoms with Crippen LogP contribution in [0.4, 0.5) is 10.5 Å². The zero-order chi connectivity index (χ0) is 18.7. The van der Waals surface area contributed by atoms with Crippen LogP contribution in [0.5, 0.6) is 11.5 Å². The Kier molecular flexibility index (Phi) is 5.61. The van der Waals surface area contributed by atoms with E-state index in [2.05, 4.69) is 11.4 Å². The number of amides is 2. The molecular formula is C20H24N2O3S. The van der Waals surface area contributed by atoms with Crippen LogP contribution in [0, 0.1) is 13.8 Å². The van der Waals surface area contributed by atoms with Gasteiger partial charge in [0.25, 0.3) is 0 Å². The van der Waals surface area contributed by atoms with E-state index in [9.17, 15) is 4.79 Å². The first-order chi connectivity index (χ1) is 12.5. The molecule has 6 heteroatoms. The van der Waals surface area contributed by atoms with Crippen LogP contribution in [0.3, 0.4) is 0 Å². The van der Waals surface area contributed by atoms with Gasteiger partial charge in [-0.15, -0.1) is 11.8 Å². The summed E-state index contributed by atoms with van der Waals surface area (Å²) in [5.41, 5.74) is 4.02. The third-order valence-electron chi connectivity index (χ3n) is 4.47. The Balaban J connectivity index is 1.85. The Morgan fingerprint density at radius 1 is 1.19 bits per heavy atom. The van der Waals surface area contributed by atoms with Gasteiger partial charge >= 0.3 is 6.03 Å². The highest BCUT2D eigenvalue weighted by Crippen LogP contribution is 2.45. The smallest absolute Gasteiger partial charge is 0.323 e. The number of aryl methyl sites for hydroxylation is 2. The van der Waals surface area contributed by atoms with Gasteiger partial charge in [0, 0.05) is 23.5 Å². The summed E-state index contributed by atoms with van der Waals surface area (Å²) in [5.74, 6) is 2.23. The Hall–Kier alpha value is -2.34. The molecule has 138 valence electrons. The highest BCUT2D eigenvalue weighted by molar-refractivity contribution is 7.99. The van der Waals surface area contributed by atoms with E-state index in [0.717, 1.165) is 22.6 Å². The molecule has 1 N–H and O–H groups in total. The van der Waals surface area contributed by atoms with E-state index in [-0.39, 0.29) is 11.4 Å². The molecule has 2 aromatic carbocycles. The lowest BCUT2D eigenvalue weighted by atomic mass is 10.1. The highest BCUT2D eigenvalue weighted by atomic mass is 32.2. The molecule has 1 heterocycles. The average molecular weight is 372 g/mol. The quantitative estimate of drug-likeness (QED) is 0.852. The van der Waals surface area contributed by atoms with Gasteiger partial charge in [-0.3, -0.25) is 0 Å². The van der Waals surface area contributed by atoms with Gasteiger partial charge in [-0.2, -0.15) is 0 Å². The minimum atomic E-state index is -0.106. The van der Waals surface area contributed by atoms with Crippen molar-refractivity contribution in [1.29, 1.82) is 0 Å². The molecule has 0 bridgehead atoms. The van der Waals surface area contributed by atoms with Crippen molar-refractivity contribution in [3.8, 4) is 11.5 Å². The summed E-state index contributed by atoms with van der Waals surface area (Å²) in [6, 6.07) is 11.7. The number of benzene rings is 2. The maximum Gasteiger partial charge on any atom is 0.323 e. The predicted octanol–water partition coefficient (Wildman–Crippen LogP) is 4.60. The Labute approximate surface area is 158 Å². The van der Waals surface area contributed by atoms with Gasteiger partial charge < -0.3 is 19.7 Å². The zero-order valence-electron chi connectivity index (χ0n) is 15.5. The third-order valence-corrected chi connectivity index (χ3v) is 5.72. The highest BCUT2D eigenvalue weighted by Gasteiger charge is 2.33. The standard InChI is InChI=1S/C20H24N2O3S/c1-13-8-9-16(14(2)12-13)21-20(23)22-10-11-26-19(22)15-6-5-7-17(24-3)18(15)25-4/h5-9,12,19H,10-11H2,1-4H3,(H,21,23)/t19-/m0/s1. The molecule has 1 saturated heterocycles. The van der Waals surface area contributed by atoms with E-state index in [0.29, 0.717) is 18.0 Å². The van der Waals surface area contributed by atoms with Gasteiger partial charge in [-0.25, -0.2) is 4.79 Å². The van der Waals surface area contributed by atoms with E-state index in [1.54, 1.807) is 26.0 Å². The first-order valence-electron chi connectivity index (χ1n) is 8.52. The Morgan fingerprint density at radius 3 is 2.69 bits per heavy atom. The van der Waals surface area contributed by atoms with Crippen molar-refractivity contribution < 1.29 is 14.3 Å². The van der Waals surface area contributed by atoms with Crippen molar-refractivity contribution in [2.45, 2.75) is 19.2 Å². The fourth-order valence-corrected chi connectivity index (χ4v) is 4.45. The van der Waals surface area contributed by atoms with Crippen molar-refractivity contribution in [3.05, 3.63) is 53.1 Å². The van der Waals surface area contributed by atoms with E-state index in [4.69, 9.17) is 9.47 Å². The number of hydrogen-bond acceptors (Lipinski definition) is 4. The van der Waals surface area contributed by atoms with Crippen LogP contribution in [0.1, 0.15) is 22.1 Å². The lowest BCUT2D eigenvalue weighted by molar-refractivity contribution is 0.213. The van der Waals surface area contributed by atoms with Crippen LogP contribution in [0.25, 0.3) is 0 Å². The van der Waals surface area contributed by atoms with Crippen molar-refractivity contribution in [2.24, 2.45) is 0 Å². The number of carbonyl (C=O) groups is 1. The second kappa shape index (κ2) is 7.91. The van der Waals surface area contributed by atoms with E-state index in [1.165, 1.54) is 5.56 Å². The van der Waals surface area contributed by atoms with Crippen LogP contribution < -0.4 is 14.8 Å². The number of ether oxygens (including phenoxy) is 2.